The molecule has 0 unspecified atom stereocenters. The highest BCUT2D eigenvalue weighted by Crippen LogP contribution is 2.17. The van der Waals surface area contributed by atoms with Crippen molar-refractivity contribution >= 4 is 59.4 Å². The fraction of sp³-hybridized carbons (Fsp3) is 0.250. The second kappa shape index (κ2) is 17.7. The van der Waals surface area contributed by atoms with E-state index in [1.165, 1.54) is 48.5 Å². The van der Waals surface area contributed by atoms with Crippen molar-refractivity contribution in [1.29, 1.82) is 0 Å². The third-order valence-electron chi connectivity index (χ3n) is 5.86. The fourth-order valence-electron chi connectivity index (χ4n) is 3.66. The van der Waals surface area contributed by atoms with E-state index in [1.54, 1.807) is 5.32 Å². The number of carboxylic acid groups (broad SMARTS) is 4. The van der Waals surface area contributed by atoms with Crippen molar-refractivity contribution in [2.45, 2.75) is 44.0 Å². The normalized spacial score (nSPS) is 12.2. The maximum atomic E-state index is 12.8. The molecule has 0 aliphatic heterocycles. The molecule has 20 nitrogen and oxygen atoms in total. The summed E-state index contributed by atoms with van der Waals surface area (Å²) < 4.78 is 10.3. The first-order valence-corrected chi connectivity index (χ1v) is 13.5. The number of hydrogen-bond donors (Lipinski definition) is 9. The number of esters is 1. The van der Waals surface area contributed by atoms with Crippen molar-refractivity contribution < 1.29 is 68.3 Å². The summed E-state index contributed by atoms with van der Waals surface area (Å²) >= 11 is 0. The van der Waals surface area contributed by atoms with Gasteiger partial charge in [-0.25, -0.2) is 19.4 Å². The number of rotatable bonds is 17. The highest BCUT2D eigenvalue weighted by molar-refractivity contribution is 5.96. The molecule has 256 valence electrons. The van der Waals surface area contributed by atoms with Crippen molar-refractivity contribution in [2.24, 2.45) is 16.5 Å². The molecule has 0 fully saturated rings. The molecule has 2 aromatic rings. The Morgan fingerprint density at radius 3 is 1.62 bits per heavy atom. The van der Waals surface area contributed by atoms with E-state index in [2.05, 4.69) is 4.99 Å². The van der Waals surface area contributed by atoms with Crippen LogP contribution in [0.25, 0.3) is 0 Å². The van der Waals surface area contributed by atoms with E-state index in [0.29, 0.717) is 11.3 Å². The number of aliphatic imine (C=N–C) groups is 1. The molecule has 0 heterocycles. The Labute approximate surface area is 269 Å². The summed E-state index contributed by atoms with van der Waals surface area (Å²) in [5.74, 6) is -10.0. The first-order chi connectivity index (χ1) is 22.5. The van der Waals surface area contributed by atoms with Crippen LogP contribution < -0.4 is 32.2 Å². The van der Waals surface area contributed by atoms with Crippen LogP contribution in [0.3, 0.4) is 0 Å². The summed E-state index contributed by atoms with van der Waals surface area (Å²) in [6.45, 7) is -0.405. The van der Waals surface area contributed by atoms with Crippen LogP contribution in [0.2, 0.25) is 0 Å². The van der Waals surface area contributed by atoms with Crippen molar-refractivity contribution in [2.75, 3.05) is 0 Å². The van der Waals surface area contributed by atoms with Gasteiger partial charge in [-0.3, -0.25) is 24.0 Å². The van der Waals surface area contributed by atoms with Crippen LogP contribution in [-0.2, 0) is 40.1 Å². The Bertz CT molecular complexity index is 1570. The minimum atomic E-state index is -1.99. The molecule has 2 aromatic carbocycles. The minimum absolute atomic E-state index is 0.136. The molecule has 20 heteroatoms. The number of amides is 3. The zero-order valence-electron chi connectivity index (χ0n) is 24.7. The highest BCUT2D eigenvalue weighted by atomic mass is 16.5. The average molecular weight is 675 g/mol. The molecule has 0 aliphatic carbocycles. The maximum Gasteiger partial charge on any atom is 0.408 e. The number of hydrogen-bond acceptors (Lipinski definition) is 11. The van der Waals surface area contributed by atoms with Crippen molar-refractivity contribution in [3.63, 3.8) is 0 Å². The largest absolute Gasteiger partial charge is 0.481 e. The van der Waals surface area contributed by atoms with E-state index in [1.807, 2.05) is 10.6 Å². The third kappa shape index (κ3) is 13.1. The van der Waals surface area contributed by atoms with Crippen LogP contribution in [0.5, 0.6) is 5.75 Å². The molecule has 3 amide bonds. The molecule has 0 radical (unpaired) electrons. The smallest absolute Gasteiger partial charge is 0.408 e. The summed E-state index contributed by atoms with van der Waals surface area (Å²) in [5, 5.41) is 41.9. The molecule has 0 aliphatic rings. The minimum Gasteiger partial charge on any atom is -0.481 e. The molecule has 3 atom stereocenters. The lowest BCUT2D eigenvalue weighted by molar-refractivity contribution is -0.148. The Morgan fingerprint density at radius 1 is 0.667 bits per heavy atom. The lowest BCUT2D eigenvalue weighted by Crippen LogP contribution is -2.56. The van der Waals surface area contributed by atoms with Gasteiger partial charge in [0.15, 0.2) is 5.96 Å². The van der Waals surface area contributed by atoms with Gasteiger partial charge in [-0.05, 0) is 42.0 Å². The van der Waals surface area contributed by atoms with Crippen molar-refractivity contribution in [3.8, 4) is 5.75 Å². The number of alkyl carbamates (subject to hydrolysis) is 1. The second-order valence-corrected chi connectivity index (χ2v) is 9.64. The van der Waals surface area contributed by atoms with Crippen LogP contribution >= 0.6 is 0 Å². The van der Waals surface area contributed by atoms with Gasteiger partial charge in [0.25, 0.3) is 0 Å². The Kier molecular flexibility index (Phi) is 13.8. The Morgan fingerprint density at radius 2 is 1.15 bits per heavy atom. The van der Waals surface area contributed by atoms with Gasteiger partial charge in [-0.15, -0.1) is 0 Å². The van der Waals surface area contributed by atoms with E-state index in [0.717, 1.165) is 0 Å². The third-order valence-corrected chi connectivity index (χ3v) is 5.86. The van der Waals surface area contributed by atoms with Gasteiger partial charge in [0.1, 0.15) is 30.5 Å². The van der Waals surface area contributed by atoms with Crippen LogP contribution in [0.1, 0.15) is 35.2 Å². The van der Waals surface area contributed by atoms with Gasteiger partial charge in [0.05, 0.1) is 30.5 Å². The molecule has 0 aromatic heterocycles. The van der Waals surface area contributed by atoms with Crippen LogP contribution in [0, 0.1) is 0 Å². The van der Waals surface area contributed by atoms with E-state index < -0.39 is 91.7 Å². The zero-order valence-corrected chi connectivity index (χ0v) is 24.7. The first-order valence-electron chi connectivity index (χ1n) is 13.5. The second-order valence-electron chi connectivity index (χ2n) is 9.64. The van der Waals surface area contributed by atoms with E-state index in [9.17, 15) is 43.5 Å². The SMILES string of the molecule is NC(N)=Nc1ccc(C(=O)Oc2ccc(COC(=O)N[C@@H](CC(=O)O)C(=O)N[C@@H](CC(=O)O)C(=O)N[C@@H](CC(=O)O)C(=O)O)cc2)cc1. The lowest BCUT2D eigenvalue weighted by atomic mass is 10.1. The van der Waals surface area contributed by atoms with E-state index in [-0.39, 0.29) is 17.3 Å². The summed E-state index contributed by atoms with van der Waals surface area (Å²) in [6, 6.07) is 5.67. The van der Waals surface area contributed by atoms with Crippen LogP contribution in [-0.4, -0.2) is 92.3 Å². The number of nitrogens with two attached hydrogens (primary N) is 2. The lowest BCUT2D eigenvalue weighted by Gasteiger charge is -2.22. The maximum absolute atomic E-state index is 12.8. The molecular formula is C28H30N6O14. The van der Waals surface area contributed by atoms with E-state index >= 15 is 0 Å². The van der Waals surface area contributed by atoms with Gasteiger partial charge in [-0.2, -0.15) is 0 Å². The highest BCUT2D eigenvalue weighted by Gasteiger charge is 2.32. The number of carboxylic acids is 4. The van der Waals surface area contributed by atoms with Crippen LogP contribution in [0.15, 0.2) is 53.5 Å². The predicted octanol–water partition coefficient (Wildman–Crippen LogP) is -1.12. The standard InChI is InChI=1S/C28H30N6O14/c29-27(30)31-15-5-3-14(4-6-15)26(45)48-16-7-1-13(2-8-16)12-47-28(46)34-18(10-21(37)38)24(42)32-17(9-20(35)36)23(41)33-19(25(43)44)11-22(39)40/h1-8,17-19H,9-12H2,(H,32,42)(H,33,41)(H,34,46)(H,35,36)(H,37,38)(H,39,40)(H,43,44)(H4,29,30,31)/t17-,18-,19-/m0/s1. The summed E-state index contributed by atoms with van der Waals surface area (Å²) in [7, 11) is 0. The predicted molar refractivity (Wildman–Crippen MR) is 159 cm³/mol. The molecule has 0 saturated carbocycles. The Hall–Kier alpha value is -6.73. The van der Waals surface area contributed by atoms with Crippen molar-refractivity contribution in [1.82, 2.24) is 16.0 Å². The van der Waals surface area contributed by atoms with Gasteiger partial charge in [0, 0.05) is 0 Å². The van der Waals surface area contributed by atoms with Crippen molar-refractivity contribution in [3.05, 3.63) is 59.7 Å². The number of carbonyl (C=O) groups excluding carboxylic acids is 4. The topological polar surface area (TPSA) is 336 Å². The molecule has 11 N–H and O–H groups in total. The zero-order chi connectivity index (χ0) is 36.0. The monoisotopic (exact) mass is 674 g/mol. The summed E-state index contributed by atoms with van der Waals surface area (Å²) in [6.07, 6.45) is -4.52. The number of carbonyl (C=O) groups is 8. The van der Waals surface area contributed by atoms with Gasteiger partial charge in [-0.1, -0.05) is 12.1 Å². The average Bonchev–Trinajstić information content (AvgIpc) is 2.99. The molecule has 0 saturated heterocycles. The number of benzene rings is 2. The number of nitrogens with zero attached hydrogens (tertiary/aromatic N) is 1. The summed E-state index contributed by atoms with van der Waals surface area (Å²) in [4.78, 5) is 98.7. The fourth-order valence-corrected chi connectivity index (χ4v) is 3.66. The van der Waals surface area contributed by atoms with Gasteiger partial charge in [0.2, 0.25) is 11.8 Å². The first kappa shape index (κ1) is 37.5. The number of aliphatic carboxylic acids is 4. The molecule has 2 rings (SSSR count). The van der Waals surface area contributed by atoms with Gasteiger partial charge >= 0.3 is 35.9 Å². The molecule has 0 bridgehead atoms. The molecular weight excluding hydrogens is 644 g/mol. The Balaban J connectivity index is 2.01. The quantitative estimate of drug-likeness (QED) is 0.0415. The van der Waals surface area contributed by atoms with Crippen LogP contribution in [0.4, 0.5) is 10.5 Å². The molecule has 0 spiro atoms. The number of ether oxygens (including phenoxy) is 2. The molecule has 48 heavy (non-hydrogen) atoms. The summed E-state index contributed by atoms with van der Waals surface area (Å²) in [5.41, 5.74) is 11.6. The number of guanidine groups is 1. The van der Waals surface area contributed by atoms with E-state index in [4.69, 9.17) is 36.3 Å². The number of nitrogens with one attached hydrogen (secondary N) is 3. The van der Waals surface area contributed by atoms with Gasteiger partial charge < -0.3 is 57.3 Å².